The maximum atomic E-state index is 5.72. The lowest BCUT2D eigenvalue weighted by molar-refractivity contribution is 0.609. The van der Waals surface area contributed by atoms with Crippen molar-refractivity contribution in [1.82, 2.24) is 0 Å². The molecule has 0 unspecified atom stereocenters. The van der Waals surface area contributed by atoms with Crippen molar-refractivity contribution in [1.29, 1.82) is 0 Å². The topological polar surface area (TPSA) is 29.3 Å². The summed E-state index contributed by atoms with van der Waals surface area (Å²) in [7, 11) is 0. The second-order valence-electron chi connectivity index (χ2n) is 4.40. The maximum absolute atomic E-state index is 5.72. The fourth-order valence-corrected chi connectivity index (χ4v) is 2.92. The molecule has 3 heteroatoms. The fraction of sp³-hybridized carbons (Fsp3) is 0.538. The Balaban J connectivity index is 2.17. The molecular formula is C13H19BrN2. The smallest absolute Gasteiger partial charge is 0.0380 e. The summed E-state index contributed by atoms with van der Waals surface area (Å²) in [5, 5.41) is 0. The SMILES string of the molecule is NCCN(c1cccc(Br)c1)C1CCCC1. The van der Waals surface area contributed by atoms with Gasteiger partial charge in [0, 0.05) is 29.3 Å². The predicted octanol–water partition coefficient (Wildman–Crippen LogP) is 3.16. The maximum Gasteiger partial charge on any atom is 0.0380 e. The van der Waals surface area contributed by atoms with Crippen LogP contribution in [0.2, 0.25) is 0 Å². The molecule has 0 aromatic heterocycles. The van der Waals surface area contributed by atoms with E-state index in [9.17, 15) is 0 Å². The molecule has 2 rings (SSSR count). The van der Waals surface area contributed by atoms with Crippen LogP contribution in [0.1, 0.15) is 25.7 Å². The van der Waals surface area contributed by atoms with E-state index < -0.39 is 0 Å². The Bertz CT molecular complexity index is 334. The van der Waals surface area contributed by atoms with Crippen LogP contribution in [0.4, 0.5) is 5.69 Å². The van der Waals surface area contributed by atoms with Crippen LogP contribution in [0.3, 0.4) is 0 Å². The zero-order valence-corrected chi connectivity index (χ0v) is 11.1. The van der Waals surface area contributed by atoms with Crippen molar-refractivity contribution in [3.63, 3.8) is 0 Å². The highest BCUT2D eigenvalue weighted by Crippen LogP contribution is 2.29. The Morgan fingerprint density at radius 2 is 2.06 bits per heavy atom. The molecule has 1 fully saturated rings. The average Bonchev–Trinajstić information content (AvgIpc) is 2.79. The molecule has 16 heavy (non-hydrogen) atoms. The molecule has 0 spiro atoms. The van der Waals surface area contributed by atoms with Crippen molar-refractivity contribution in [3.8, 4) is 0 Å². The molecule has 0 heterocycles. The summed E-state index contributed by atoms with van der Waals surface area (Å²) in [5.41, 5.74) is 7.02. The summed E-state index contributed by atoms with van der Waals surface area (Å²) < 4.78 is 1.14. The number of nitrogens with zero attached hydrogens (tertiary/aromatic N) is 1. The summed E-state index contributed by atoms with van der Waals surface area (Å²) in [6.07, 6.45) is 5.35. The standard InChI is InChI=1S/C13H19BrN2/c14-11-4-3-7-13(10-11)16(9-8-15)12-5-1-2-6-12/h3-4,7,10,12H,1-2,5-6,8-9,15H2. The van der Waals surface area contributed by atoms with Crippen molar-refractivity contribution in [3.05, 3.63) is 28.7 Å². The first kappa shape index (κ1) is 11.9. The van der Waals surface area contributed by atoms with Crippen LogP contribution in [0.15, 0.2) is 28.7 Å². The molecule has 1 aromatic rings. The molecule has 88 valence electrons. The molecule has 1 saturated carbocycles. The molecule has 0 saturated heterocycles. The molecule has 0 amide bonds. The van der Waals surface area contributed by atoms with Gasteiger partial charge in [-0.25, -0.2) is 0 Å². The quantitative estimate of drug-likeness (QED) is 0.919. The van der Waals surface area contributed by atoms with Gasteiger partial charge in [-0.2, -0.15) is 0 Å². The first-order chi connectivity index (χ1) is 7.81. The van der Waals surface area contributed by atoms with E-state index in [1.54, 1.807) is 0 Å². The average molecular weight is 283 g/mol. The number of anilines is 1. The minimum absolute atomic E-state index is 0.692. The fourth-order valence-electron chi connectivity index (χ4n) is 2.53. The number of benzene rings is 1. The molecule has 2 N–H and O–H groups in total. The van der Waals surface area contributed by atoms with Gasteiger partial charge in [-0.05, 0) is 31.0 Å². The van der Waals surface area contributed by atoms with Crippen LogP contribution >= 0.6 is 15.9 Å². The lowest BCUT2D eigenvalue weighted by Crippen LogP contribution is -2.37. The Morgan fingerprint density at radius 3 is 2.69 bits per heavy atom. The van der Waals surface area contributed by atoms with Gasteiger partial charge < -0.3 is 10.6 Å². The zero-order valence-electron chi connectivity index (χ0n) is 9.53. The number of nitrogens with two attached hydrogens (primary N) is 1. The van der Waals surface area contributed by atoms with Crippen molar-refractivity contribution in [2.24, 2.45) is 5.73 Å². The van der Waals surface area contributed by atoms with Gasteiger partial charge in [0.05, 0.1) is 0 Å². The molecule has 0 atom stereocenters. The van der Waals surface area contributed by atoms with Crippen molar-refractivity contribution in [2.45, 2.75) is 31.7 Å². The van der Waals surface area contributed by atoms with Gasteiger partial charge in [-0.3, -0.25) is 0 Å². The molecule has 1 aromatic carbocycles. The largest absolute Gasteiger partial charge is 0.367 e. The van der Waals surface area contributed by atoms with Gasteiger partial charge in [0.2, 0.25) is 0 Å². The van der Waals surface area contributed by atoms with Crippen molar-refractivity contribution >= 4 is 21.6 Å². The van der Waals surface area contributed by atoms with Crippen LogP contribution in [0.5, 0.6) is 0 Å². The first-order valence-electron chi connectivity index (χ1n) is 6.03. The number of rotatable bonds is 4. The predicted molar refractivity (Wildman–Crippen MR) is 72.8 cm³/mol. The number of hydrogen-bond donors (Lipinski definition) is 1. The van der Waals surface area contributed by atoms with Gasteiger partial charge in [-0.1, -0.05) is 34.8 Å². The van der Waals surface area contributed by atoms with E-state index in [1.165, 1.54) is 31.4 Å². The van der Waals surface area contributed by atoms with Crippen molar-refractivity contribution < 1.29 is 0 Å². The van der Waals surface area contributed by atoms with E-state index in [1.807, 2.05) is 0 Å². The number of hydrogen-bond acceptors (Lipinski definition) is 2. The molecule has 2 nitrogen and oxygen atoms in total. The van der Waals surface area contributed by atoms with Crippen LogP contribution in [0, 0.1) is 0 Å². The van der Waals surface area contributed by atoms with E-state index in [-0.39, 0.29) is 0 Å². The number of halogens is 1. The first-order valence-corrected chi connectivity index (χ1v) is 6.83. The van der Waals surface area contributed by atoms with Gasteiger partial charge in [0.15, 0.2) is 0 Å². The third-order valence-corrected chi connectivity index (χ3v) is 3.77. The minimum Gasteiger partial charge on any atom is -0.367 e. The van der Waals surface area contributed by atoms with E-state index in [0.717, 1.165) is 17.6 Å². The summed E-state index contributed by atoms with van der Waals surface area (Å²) in [6, 6.07) is 9.22. The summed E-state index contributed by atoms with van der Waals surface area (Å²) >= 11 is 3.53. The monoisotopic (exact) mass is 282 g/mol. The Morgan fingerprint density at radius 1 is 1.31 bits per heavy atom. The zero-order chi connectivity index (χ0) is 11.4. The highest BCUT2D eigenvalue weighted by Gasteiger charge is 2.22. The van der Waals surface area contributed by atoms with E-state index in [2.05, 4.69) is 45.1 Å². The van der Waals surface area contributed by atoms with Crippen LogP contribution in [0.25, 0.3) is 0 Å². The Kier molecular flexibility index (Phi) is 4.24. The molecule has 1 aliphatic carbocycles. The second-order valence-corrected chi connectivity index (χ2v) is 5.32. The Labute approximate surface area is 106 Å². The normalized spacial score (nSPS) is 16.6. The van der Waals surface area contributed by atoms with Crippen LogP contribution in [-0.4, -0.2) is 19.1 Å². The molecule has 0 radical (unpaired) electrons. The summed E-state index contributed by atoms with van der Waals surface area (Å²) in [5.74, 6) is 0. The van der Waals surface area contributed by atoms with Gasteiger partial charge in [0.1, 0.15) is 0 Å². The second kappa shape index (κ2) is 5.69. The van der Waals surface area contributed by atoms with E-state index >= 15 is 0 Å². The molecule has 0 bridgehead atoms. The van der Waals surface area contributed by atoms with Gasteiger partial charge >= 0.3 is 0 Å². The lowest BCUT2D eigenvalue weighted by Gasteiger charge is -2.31. The van der Waals surface area contributed by atoms with Crippen molar-refractivity contribution in [2.75, 3.05) is 18.0 Å². The van der Waals surface area contributed by atoms with Crippen LogP contribution < -0.4 is 10.6 Å². The molecule has 1 aliphatic rings. The van der Waals surface area contributed by atoms with Gasteiger partial charge in [-0.15, -0.1) is 0 Å². The third-order valence-electron chi connectivity index (χ3n) is 3.28. The Hall–Kier alpha value is -0.540. The third kappa shape index (κ3) is 2.77. The minimum atomic E-state index is 0.692. The van der Waals surface area contributed by atoms with Crippen LogP contribution in [-0.2, 0) is 0 Å². The summed E-state index contributed by atoms with van der Waals surface area (Å²) in [4.78, 5) is 2.47. The van der Waals surface area contributed by atoms with E-state index in [0.29, 0.717) is 6.04 Å². The summed E-state index contributed by atoms with van der Waals surface area (Å²) in [6.45, 7) is 1.68. The molecular weight excluding hydrogens is 264 g/mol. The van der Waals surface area contributed by atoms with Gasteiger partial charge in [0.25, 0.3) is 0 Å². The highest BCUT2D eigenvalue weighted by atomic mass is 79.9. The highest BCUT2D eigenvalue weighted by molar-refractivity contribution is 9.10. The molecule has 0 aliphatic heterocycles. The van der Waals surface area contributed by atoms with E-state index in [4.69, 9.17) is 5.73 Å². The lowest BCUT2D eigenvalue weighted by atomic mass is 10.1.